The Bertz CT molecular complexity index is 735. The third-order valence-corrected chi connectivity index (χ3v) is 3.45. The van der Waals surface area contributed by atoms with Crippen LogP contribution in [0.4, 0.5) is 4.39 Å². The summed E-state index contributed by atoms with van der Waals surface area (Å²) in [6, 6.07) is 10.4. The molecule has 114 valence electrons. The molecule has 0 saturated carbocycles. The van der Waals surface area contributed by atoms with E-state index in [0.29, 0.717) is 10.0 Å². The van der Waals surface area contributed by atoms with E-state index in [-0.39, 0.29) is 17.8 Å². The van der Waals surface area contributed by atoms with Crippen molar-refractivity contribution in [2.24, 2.45) is 10.9 Å². The molecule has 0 aliphatic carbocycles. The molecule has 2 aromatic carbocycles. The fourth-order valence-electron chi connectivity index (χ4n) is 1.67. The highest BCUT2D eigenvalue weighted by molar-refractivity contribution is 6.42. The van der Waals surface area contributed by atoms with E-state index in [1.807, 2.05) is 0 Å². The van der Waals surface area contributed by atoms with Crippen LogP contribution in [0.15, 0.2) is 47.6 Å². The van der Waals surface area contributed by atoms with Gasteiger partial charge in [0.25, 0.3) is 0 Å². The summed E-state index contributed by atoms with van der Waals surface area (Å²) < 4.78 is 13.4. The molecule has 0 aliphatic rings. The number of rotatable bonds is 4. The first-order valence-corrected chi connectivity index (χ1v) is 6.95. The lowest BCUT2D eigenvalue weighted by Crippen LogP contribution is -2.17. The first kappa shape index (κ1) is 16.3. The summed E-state index contributed by atoms with van der Waals surface area (Å²) >= 11 is 11.7. The van der Waals surface area contributed by atoms with Gasteiger partial charge < -0.3 is 10.6 Å². The minimum Gasteiger partial charge on any atom is -0.384 e. The van der Waals surface area contributed by atoms with Gasteiger partial charge in [0.15, 0.2) is 0 Å². The molecule has 0 aromatic heterocycles. The fraction of sp³-hybridized carbons (Fsp3) is 0.0667. The van der Waals surface area contributed by atoms with Crippen molar-refractivity contribution in [2.45, 2.75) is 6.42 Å². The van der Waals surface area contributed by atoms with Crippen LogP contribution in [0.3, 0.4) is 0 Å². The molecular weight excluding hydrogens is 330 g/mol. The zero-order valence-corrected chi connectivity index (χ0v) is 12.7. The molecule has 0 bridgehead atoms. The van der Waals surface area contributed by atoms with Gasteiger partial charge in [-0.2, -0.15) is 0 Å². The molecule has 4 nitrogen and oxygen atoms in total. The zero-order valence-electron chi connectivity index (χ0n) is 11.2. The lowest BCUT2D eigenvalue weighted by Gasteiger charge is -2.03. The molecule has 0 heterocycles. The van der Waals surface area contributed by atoms with Gasteiger partial charge in [-0.15, -0.1) is 0 Å². The molecule has 0 radical (unpaired) electrons. The maximum atomic E-state index is 13.4. The number of amidine groups is 1. The standard InChI is InChI=1S/C15H11Cl2FN2O2/c16-11-6-5-9(7-12(11)17)8-14(19)20-22-15(21)10-3-1-2-4-13(10)18/h1-7H,8H2,(H2,19,20). The topological polar surface area (TPSA) is 64.7 Å². The Morgan fingerprint density at radius 1 is 1.18 bits per heavy atom. The molecule has 0 spiro atoms. The van der Waals surface area contributed by atoms with Crippen molar-refractivity contribution in [3.05, 3.63) is 69.5 Å². The highest BCUT2D eigenvalue weighted by atomic mass is 35.5. The van der Waals surface area contributed by atoms with Crippen LogP contribution in [-0.4, -0.2) is 11.8 Å². The van der Waals surface area contributed by atoms with Crippen LogP contribution in [0, 0.1) is 5.82 Å². The van der Waals surface area contributed by atoms with Gasteiger partial charge >= 0.3 is 5.97 Å². The summed E-state index contributed by atoms with van der Waals surface area (Å²) in [5.74, 6) is -1.57. The van der Waals surface area contributed by atoms with E-state index in [1.54, 1.807) is 18.2 Å². The quantitative estimate of drug-likeness (QED) is 0.398. The molecule has 0 atom stereocenters. The SMILES string of the molecule is N/C(Cc1ccc(Cl)c(Cl)c1)=N\OC(=O)c1ccccc1F. The number of halogens is 3. The monoisotopic (exact) mass is 340 g/mol. The second kappa shape index (κ2) is 7.24. The summed E-state index contributed by atoms with van der Waals surface area (Å²) in [5, 5.41) is 4.30. The summed E-state index contributed by atoms with van der Waals surface area (Å²) in [6.45, 7) is 0. The molecule has 2 N–H and O–H groups in total. The Hall–Kier alpha value is -2.11. The van der Waals surface area contributed by atoms with E-state index >= 15 is 0 Å². The lowest BCUT2D eigenvalue weighted by molar-refractivity contribution is 0.0509. The second-order valence-electron chi connectivity index (χ2n) is 4.37. The molecule has 2 aromatic rings. The number of carbonyl (C=O) groups excluding carboxylic acids is 1. The predicted octanol–water partition coefficient (Wildman–Crippen LogP) is 3.80. The zero-order chi connectivity index (χ0) is 16.1. The third kappa shape index (κ3) is 4.19. The number of benzene rings is 2. The van der Waals surface area contributed by atoms with E-state index in [9.17, 15) is 9.18 Å². The molecule has 2 rings (SSSR count). The minimum absolute atomic E-state index is 0.0445. The second-order valence-corrected chi connectivity index (χ2v) is 5.18. The van der Waals surface area contributed by atoms with Gasteiger partial charge in [0.1, 0.15) is 11.7 Å². The molecule has 0 saturated heterocycles. The van der Waals surface area contributed by atoms with Crippen molar-refractivity contribution in [1.82, 2.24) is 0 Å². The molecule has 0 fully saturated rings. The fourth-order valence-corrected chi connectivity index (χ4v) is 1.99. The highest BCUT2D eigenvalue weighted by Gasteiger charge is 2.12. The van der Waals surface area contributed by atoms with Crippen molar-refractivity contribution in [1.29, 1.82) is 0 Å². The number of hydrogen-bond acceptors (Lipinski definition) is 3. The maximum absolute atomic E-state index is 13.4. The summed E-state index contributed by atoms with van der Waals surface area (Å²) in [6.07, 6.45) is 0.210. The van der Waals surface area contributed by atoms with E-state index < -0.39 is 11.8 Å². The van der Waals surface area contributed by atoms with Crippen molar-refractivity contribution in [3.8, 4) is 0 Å². The average molecular weight is 341 g/mol. The first-order valence-electron chi connectivity index (χ1n) is 6.19. The van der Waals surface area contributed by atoms with Gasteiger partial charge in [0, 0.05) is 6.42 Å². The van der Waals surface area contributed by atoms with Crippen LogP contribution < -0.4 is 5.73 Å². The van der Waals surface area contributed by atoms with Crippen LogP contribution in [0.5, 0.6) is 0 Å². The van der Waals surface area contributed by atoms with Gasteiger partial charge in [-0.05, 0) is 29.8 Å². The van der Waals surface area contributed by atoms with Crippen LogP contribution in [0.25, 0.3) is 0 Å². The van der Waals surface area contributed by atoms with Crippen LogP contribution in [0.2, 0.25) is 10.0 Å². The first-order chi connectivity index (χ1) is 10.5. The maximum Gasteiger partial charge on any atom is 0.368 e. The molecule has 0 aliphatic heterocycles. The Balaban J connectivity index is 2.02. The predicted molar refractivity (Wildman–Crippen MR) is 83.6 cm³/mol. The Kier molecular flexibility index (Phi) is 5.35. The normalized spacial score (nSPS) is 11.3. The van der Waals surface area contributed by atoms with Crippen LogP contribution >= 0.6 is 23.2 Å². The lowest BCUT2D eigenvalue weighted by atomic mass is 10.1. The van der Waals surface area contributed by atoms with Crippen molar-refractivity contribution in [3.63, 3.8) is 0 Å². The van der Waals surface area contributed by atoms with Gasteiger partial charge in [0.2, 0.25) is 0 Å². The number of oxime groups is 1. The number of carbonyl (C=O) groups is 1. The molecular formula is C15H11Cl2FN2O2. The summed E-state index contributed by atoms with van der Waals surface area (Å²) in [7, 11) is 0. The van der Waals surface area contributed by atoms with E-state index in [4.69, 9.17) is 28.9 Å². The Morgan fingerprint density at radius 2 is 1.91 bits per heavy atom. The van der Waals surface area contributed by atoms with Crippen molar-refractivity contribution >= 4 is 35.0 Å². The summed E-state index contributed by atoms with van der Waals surface area (Å²) in [4.78, 5) is 16.3. The Morgan fingerprint density at radius 3 is 2.59 bits per heavy atom. The van der Waals surface area contributed by atoms with Crippen molar-refractivity contribution in [2.75, 3.05) is 0 Å². The van der Waals surface area contributed by atoms with Gasteiger partial charge in [0.05, 0.1) is 15.6 Å². The molecule has 0 amide bonds. The smallest absolute Gasteiger partial charge is 0.368 e. The van der Waals surface area contributed by atoms with Gasteiger partial charge in [-0.3, -0.25) is 0 Å². The number of nitrogens with two attached hydrogens (primary N) is 1. The number of hydrogen-bond donors (Lipinski definition) is 1. The third-order valence-electron chi connectivity index (χ3n) is 2.71. The van der Waals surface area contributed by atoms with E-state index in [0.717, 1.165) is 11.6 Å². The average Bonchev–Trinajstić information content (AvgIpc) is 2.49. The molecule has 0 unspecified atom stereocenters. The summed E-state index contributed by atoms with van der Waals surface area (Å²) in [5.41, 5.74) is 6.19. The molecule has 7 heteroatoms. The van der Waals surface area contributed by atoms with Crippen molar-refractivity contribution < 1.29 is 14.0 Å². The molecule has 22 heavy (non-hydrogen) atoms. The minimum atomic E-state index is -0.921. The Labute approximate surface area is 136 Å². The largest absolute Gasteiger partial charge is 0.384 e. The van der Waals surface area contributed by atoms with Crippen LogP contribution in [0.1, 0.15) is 15.9 Å². The van der Waals surface area contributed by atoms with Gasteiger partial charge in [-0.1, -0.05) is 46.6 Å². The van der Waals surface area contributed by atoms with Crippen LogP contribution in [-0.2, 0) is 11.3 Å². The van der Waals surface area contributed by atoms with Gasteiger partial charge in [-0.25, -0.2) is 9.18 Å². The highest BCUT2D eigenvalue weighted by Crippen LogP contribution is 2.22. The van der Waals surface area contributed by atoms with E-state index in [1.165, 1.54) is 18.2 Å². The van der Waals surface area contributed by atoms with E-state index in [2.05, 4.69) is 9.99 Å². The number of nitrogens with zero attached hydrogens (tertiary/aromatic N) is 1.